The Bertz CT molecular complexity index is 2090. The minimum Gasteiger partial charge on any atom is -0.308 e. The molecule has 0 saturated heterocycles. The Morgan fingerprint density at radius 1 is 0.450 bits per heavy atom. The quantitative estimate of drug-likeness (QED) is 0.237. The van der Waals surface area contributed by atoms with Crippen LogP contribution in [0.25, 0.3) is 66.4 Å². The van der Waals surface area contributed by atoms with Gasteiger partial charge in [0.15, 0.2) is 5.78 Å². The first-order valence-corrected chi connectivity index (χ1v) is 13.3. The summed E-state index contributed by atoms with van der Waals surface area (Å²) in [6.07, 6.45) is 3.70. The number of carbonyl (C=O) groups excluding carboxylic acids is 1. The Balaban J connectivity index is 1.22. The molecular weight excluding hydrogens is 492 g/mol. The molecule has 186 valence electrons. The monoisotopic (exact) mass is 512 g/mol. The van der Waals surface area contributed by atoms with E-state index in [0.29, 0.717) is 22.5 Å². The molecule has 9 rings (SSSR count). The van der Waals surface area contributed by atoms with Crippen LogP contribution in [0.15, 0.2) is 122 Å². The molecule has 5 heteroatoms. The third-order valence-electron chi connectivity index (χ3n) is 8.14. The van der Waals surface area contributed by atoms with Crippen molar-refractivity contribution in [3.05, 3.63) is 133 Å². The molecule has 0 spiro atoms. The molecule has 5 nitrogen and oxygen atoms in total. The molecule has 0 aliphatic heterocycles. The van der Waals surface area contributed by atoms with Gasteiger partial charge >= 0.3 is 0 Å². The highest BCUT2D eigenvalue weighted by Gasteiger charge is 2.31. The van der Waals surface area contributed by atoms with Crippen molar-refractivity contribution in [1.29, 1.82) is 0 Å². The Labute approximate surface area is 228 Å². The van der Waals surface area contributed by atoms with Gasteiger partial charge in [0.1, 0.15) is 11.4 Å². The maximum absolute atomic E-state index is 13.9. The van der Waals surface area contributed by atoms with Gasteiger partial charge in [-0.2, -0.15) is 0 Å². The van der Waals surface area contributed by atoms with Crippen molar-refractivity contribution in [2.45, 2.75) is 0 Å². The Hall–Kier alpha value is -5.55. The van der Waals surface area contributed by atoms with Gasteiger partial charge < -0.3 is 9.13 Å². The van der Waals surface area contributed by atoms with Crippen LogP contribution >= 0.6 is 0 Å². The minimum absolute atomic E-state index is 0.0461. The molecule has 0 fully saturated rings. The molecule has 8 aromatic rings. The molecule has 4 aromatic carbocycles. The molecule has 0 saturated carbocycles. The van der Waals surface area contributed by atoms with Crippen LogP contribution in [0.5, 0.6) is 0 Å². The summed E-state index contributed by atoms with van der Waals surface area (Å²) in [4.78, 5) is 23.5. The second-order valence-corrected chi connectivity index (χ2v) is 10.2. The van der Waals surface area contributed by atoms with Crippen molar-refractivity contribution in [1.82, 2.24) is 19.1 Å². The molecule has 0 unspecified atom stereocenters. The van der Waals surface area contributed by atoms with E-state index in [2.05, 4.69) is 81.9 Å². The molecule has 0 amide bonds. The number of fused-ring (bicyclic) bond motifs is 9. The second kappa shape index (κ2) is 7.74. The molecule has 1 aliphatic rings. The lowest BCUT2D eigenvalue weighted by molar-refractivity contribution is 0.104. The first kappa shape index (κ1) is 21.4. The topological polar surface area (TPSA) is 52.7 Å². The summed E-state index contributed by atoms with van der Waals surface area (Å²) in [6.45, 7) is 0. The predicted molar refractivity (Wildman–Crippen MR) is 160 cm³/mol. The van der Waals surface area contributed by atoms with E-state index in [1.54, 1.807) is 0 Å². The number of nitrogens with zero attached hydrogens (tertiary/aromatic N) is 4. The number of ketones is 1. The highest BCUT2D eigenvalue weighted by molar-refractivity contribution is 6.21. The van der Waals surface area contributed by atoms with Crippen LogP contribution in [0, 0.1) is 0 Å². The van der Waals surface area contributed by atoms with Crippen LogP contribution in [0.4, 0.5) is 0 Å². The van der Waals surface area contributed by atoms with Crippen molar-refractivity contribution in [2.24, 2.45) is 0 Å². The zero-order valence-corrected chi connectivity index (χ0v) is 21.2. The van der Waals surface area contributed by atoms with Crippen LogP contribution in [0.2, 0.25) is 0 Å². The number of pyridine rings is 2. The molecule has 0 radical (unpaired) electrons. The van der Waals surface area contributed by atoms with Gasteiger partial charge in [-0.05, 0) is 36.4 Å². The number of benzene rings is 4. The Morgan fingerprint density at radius 2 is 0.775 bits per heavy atom. The van der Waals surface area contributed by atoms with Crippen LogP contribution in [0.3, 0.4) is 0 Å². The fourth-order valence-electron chi connectivity index (χ4n) is 6.42. The Kier molecular flexibility index (Phi) is 4.14. The van der Waals surface area contributed by atoms with Crippen LogP contribution in [-0.2, 0) is 0 Å². The normalized spacial score (nSPS) is 12.6. The summed E-state index contributed by atoms with van der Waals surface area (Å²) in [5, 5.41) is 4.69. The van der Waals surface area contributed by atoms with Crippen molar-refractivity contribution in [3.8, 4) is 22.8 Å². The lowest BCUT2D eigenvalue weighted by Gasteiger charge is -2.09. The Morgan fingerprint density at radius 3 is 1.12 bits per heavy atom. The molecule has 0 bridgehead atoms. The van der Waals surface area contributed by atoms with E-state index in [-0.39, 0.29) is 5.78 Å². The van der Waals surface area contributed by atoms with Crippen molar-refractivity contribution in [2.75, 3.05) is 0 Å². The molecular formula is C35H20N4O. The van der Waals surface area contributed by atoms with E-state index >= 15 is 0 Å². The molecule has 1 aliphatic carbocycles. The van der Waals surface area contributed by atoms with Gasteiger partial charge in [0.25, 0.3) is 0 Å². The smallest absolute Gasteiger partial charge is 0.197 e. The zero-order valence-electron chi connectivity index (χ0n) is 21.2. The fraction of sp³-hybridized carbons (Fsp3) is 0. The first-order chi connectivity index (χ1) is 19.8. The summed E-state index contributed by atoms with van der Waals surface area (Å²) < 4.78 is 4.37. The van der Waals surface area contributed by atoms with Crippen molar-refractivity contribution >= 4 is 49.4 Å². The van der Waals surface area contributed by atoms with Gasteiger partial charge in [-0.3, -0.25) is 14.8 Å². The lowest BCUT2D eigenvalue weighted by atomic mass is 10.1. The number of para-hydroxylation sites is 4. The largest absolute Gasteiger partial charge is 0.308 e. The lowest BCUT2D eigenvalue weighted by Crippen LogP contribution is -2.01. The van der Waals surface area contributed by atoms with E-state index in [0.717, 1.165) is 33.4 Å². The highest BCUT2D eigenvalue weighted by atomic mass is 16.1. The number of aromatic nitrogens is 4. The fourth-order valence-corrected chi connectivity index (χ4v) is 6.42. The zero-order chi connectivity index (χ0) is 26.4. The first-order valence-electron chi connectivity index (χ1n) is 13.3. The molecule has 0 N–H and O–H groups in total. The van der Waals surface area contributed by atoms with E-state index in [9.17, 15) is 4.79 Å². The standard InChI is InChI=1S/C35H20N4O/c40-35-27-17-21(38-29-13-5-1-9-23(29)24-10-2-6-14-30(24)38)19-36-33(27)34-28(35)18-22(20-37-34)39-31-15-7-3-11-25(31)26-12-4-8-16-32(26)39/h1-20H. The van der Waals surface area contributed by atoms with Gasteiger partial charge in [-0.25, -0.2) is 0 Å². The summed E-state index contributed by atoms with van der Waals surface area (Å²) in [5.74, 6) is -0.0461. The highest BCUT2D eigenvalue weighted by Crippen LogP contribution is 2.39. The summed E-state index contributed by atoms with van der Waals surface area (Å²) in [5.41, 5.74) is 8.50. The maximum Gasteiger partial charge on any atom is 0.197 e. The van der Waals surface area contributed by atoms with Crippen molar-refractivity contribution < 1.29 is 4.79 Å². The van der Waals surface area contributed by atoms with E-state index < -0.39 is 0 Å². The SMILES string of the molecule is O=C1c2cc(-n3c4ccccc4c4ccccc43)cnc2-c2ncc(-n3c4ccccc4c4ccccc43)cc21. The number of rotatable bonds is 2. The second-order valence-electron chi connectivity index (χ2n) is 10.2. The van der Waals surface area contributed by atoms with Crippen molar-refractivity contribution in [3.63, 3.8) is 0 Å². The van der Waals surface area contributed by atoms with E-state index in [1.807, 2.05) is 48.8 Å². The van der Waals surface area contributed by atoms with Crippen LogP contribution in [0.1, 0.15) is 15.9 Å². The average Bonchev–Trinajstić information content (AvgIpc) is 3.63. The molecule has 4 aromatic heterocycles. The maximum atomic E-state index is 13.9. The van der Waals surface area contributed by atoms with Crippen LogP contribution in [-0.4, -0.2) is 24.9 Å². The van der Waals surface area contributed by atoms with Gasteiger partial charge in [0.2, 0.25) is 0 Å². The number of hydrogen-bond acceptors (Lipinski definition) is 3. The number of carbonyl (C=O) groups is 1. The molecule has 4 heterocycles. The van der Waals surface area contributed by atoms with E-state index in [1.165, 1.54) is 21.5 Å². The van der Waals surface area contributed by atoms with Gasteiger partial charge in [0.05, 0.1) is 57.0 Å². The molecule has 0 atom stereocenters. The number of hydrogen-bond donors (Lipinski definition) is 0. The summed E-state index contributed by atoms with van der Waals surface area (Å²) in [6, 6.07) is 37.3. The third-order valence-corrected chi connectivity index (χ3v) is 8.14. The molecule has 40 heavy (non-hydrogen) atoms. The summed E-state index contributed by atoms with van der Waals surface area (Å²) >= 11 is 0. The van der Waals surface area contributed by atoms with Gasteiger partial charge in [-0.1, -0.05) is 72.8 Å². The van der Waals surface area contributed by atoms with Gasteiger partial charge in [-0.15, -0.1) is 0 Å². The predicted octanol–water partition coefficient (Wildman–Crippen LogP) is 7.88. The average molecular weight is 513 g/mol. The van der Waals surface area contributed by atoms with E-state index in [4.69, 9.17) is 9.97 Å². The van der Waals surface area contributed by atoms with Gasteiger partial charge in [0, 0.05) is 21.5 Å². The summed E-state index contributed by atoms with van der Waals surface area (Å²) in [7, 11) is 0. The third kappa shape index (κ3) is 2.73. The van der Waals surface area contributed by atoms with Crippen LogP contribution < -0.4 is 0 Å². The minimum atomic E-state index is -0.0461.